The van der Waals surface area contributed by atoms with Gasteiger partial charge in [0.1, 0.15) is 0 Å². The van der Waals surface area contributed by atoms with Crippen LogP contribution in [0.5, 0.6) is 0 Å². The molecule has 0 aromatic heterocycles. The summed E-state index contributed by atoms with van der Waals surface area (Å²) >= 11 is 1.49. The van der Waals surface area contributed by atoms with E-state index in [1.54, 1.807) is 0 Å². The molecule has 0 N–H and O–H groups in total. The third kappa shape index (κ3) is 3.24. The Morgan fingerprint density at radius 1 is 0.938 bits per heavy atom. The zero-order chi connectivity index (χ0) is 11.2. The lowest BCUT2D eigenvalue weighted by molar-refractivity contribution is 1.38. The molecule has 2 heteroatoms. The molecule has 0 atom stereocenters. The summed E-state index contributed by atoms with van der Waals surface area (Å²) in [5.74, 6) is 0. The van der Waals surface area contributed by atoms with Gasteiger partial charge in [-0.15, -0.1) is 0 Å². The number of hydrogen-bond donors (Lipinski definition) is 0. The Labute approximate surface area is 100 Å². The van der Waals surface area contributed by atoms with E-state index in [-0.39, 0.29) is 0 Å². The fourth-order valence-corrected chi connectivity index (χ4v) is 1.84. The molecular formula is C14H13NS. The maximum atomic E-state index is 4.33. The molecule has 0 amide bonds. The van der Waals surface area contributed by atoms with E-state index in [4.69, 9.17) is 0 Å². The maximum Gasteiger partial charge on any atom is 0.0428 e. The van der Waals surface area contributed by atoms with E-state index in [9.17, 15) is 0 Å². The van der Waals surface area contributed by atoms with E-state index in [1.165, 1.54) is 17.5 Å². The fraction of sp³-hybridized carbons (Fsp3) is 0.0714. The van der Waals surface area contributed by atoms with Gasteiger partial charge < -0.3 is 0 Å². The van der Waals surface area contributed by atoms with Crippen LogP contribution in [0.15, 0.2) is 63.9 Å². The maximum absolute atomic E-state index is 4.33. The highest BCUT2D eigenvalue weighted by Gasteiger charge is 1.90. The monoisotopic (exact) mass is 227 g/mol. The normalized spacial score (nSPS) is 10.8. The zero-order valence-electron chi connectivity index (χ0n) is 9.13. The standard InChI is InChI=1S/C14H13NS/c1-12-7-9-14(10-8-12)16-15-11-13-5-3-2-4-6-13/h2-11H,1H3/b15-11+. The number of aryl methyl sites for hydroxylation is 1. The second-order valence-electron chi connectivity index (χ2n) is 3.55. The number of benzene rings is 2. The molecule has 2 aromatic carbocycles. The topological polar surface area (TPSA) is 12.4 Å². The lowest BCUT2D eigenvalue weighted by Gasteiger charge is -1.96. The van der Waals surface area contributed by atoms with E-state index < -0.39 is 0 Å². The van der Waals surface area contributed by atoms with Gasteiger partial charge in [-0.1, -0.05) is 48.0 Å². The van der Waals surface area contributed by atoms with Gasteiger partial charge in [0.25, 0.3) is 0 Å². The Kier molecular flexibility index (Phi) is 3.78. The minimum Gasteiger partial charge on any atom is -0.219 e. The van der Waals surface area contributed by atoms with Gasteiger partial charge in [-0.3, -0.25) is 0 Å². The van der Waals surface area contributed by atoms with Crippen LogP contribution in [0, 0.1) is 6.92 Å². The van der Waals surface area contributed by atoms with Crippen LogP contribution in [0.4, 0.5) is 0 Å². The van der Waals surface area contributed by atoms with Gasteiger partial charge >= 0.3 is 0 Å². The molecule has 2 rings (SSSR count). The first kappa shape index (κ1) is 11.0. The van der Waals surface area contributed by atoms with Crippen molar-refractivity contribution in [3.05, 3.63) is 65.7 Å². The van der Waals surface area contributed by atoms with Crippen LogP contribution in [0.25, 0.3) is 0 Å². The molecule has 0 spiro atoms. The molecule has 0 saturated heterocycles. The molecule has 0 aliphatic heterocycles. The zero-order valence-corrected chi connectivity index (χ0v) is 9.95. The Morgan fingerprint density at radius 2 is 1.62 bits per heavy atom. The van der Waals surface area contributed by atoms with Crippen LogP contribution in [0.2, 0.25) is 0 Å². The summed E-state index contributed by atoms with van der Waals surface area (Å²) in [6, 6.07) is 18.5. The molecule has 0 heterocycles. The van der Waals surface area contributed by atoms with Gasteiger partial charge in [-0.2, -0.15) is 0 Å². The van der Waals surface area contributed by atoms with Crippen LogP contribution in [0.1, 0.15) is 11.1 Å². The predicted octanol–water partition coefficient (Wildman–Crippen LogP) is 4.12. The van der Waals surface area contributed by atoms with E-state index in [0.29, 0.717) is 0 Å². The molecule has 16 heavy (non-hydrogen) atoms. The first-order chi connectivity index (χ1) is 7.84. The average molecular weight is 227 g/mol. The van der Waals surface area contributed by atoms with Crippen molar-refractivity contribution < 1.29 is 0 Å². The molecule has 0 saturated carbocycles. The molecule has 0 aliphatic rings. The highest BCUT2D eigenvalue weighted by atomic mass is 32.2. The van der Waals surface area contributed by atoms with E-state index >= 15 is 0 Å². The van der Waals surface area contributed by atoms with Crippen LogP contribution in [0.3, 0.4) is 0 Å². The third-order valence-electron chi connectivity index (χ3n) is 2.18. The minimum atomic E-state index is 1.13. The van der Waals surface area contributed by atoms with Crippen LogP contribution < -0.4 is 0 Å². The van der Waals surface area contributed by atoms with Crippen molar-refractivity contribution in [3.8, 4) is 0 Å². The molecule has 2 aromatic rings. The van der Waals surface area contributed by atoms with Crippen LogP contribution in [-0.2, 0) is 0 Å². The second kappa shape index (κ2) is 5.52. The minimum absolute atomic E-state index is 1.13. The average Bonchev–Trinajstić information content (AvgIpc) is 2.33. The quantitative estimate of drug-likeness (QED) is 0.567. The molecular weight excluding hydrogens is 214 g/mol. The Morgan fingerprint density at radius 3 is 2.31 bits per heavy atom. The van der Waals surface area contributed by atoms with Crippen LogP contribution in [-0.4, -0.2) is 6.21 Å². The van der Waals surface area contributed by atoms with Crippen molar-refractivity contribution in [2.75, 3.05) is 0 Å². The summed E-state index contributed by atoms with van der Waals surface area (Å²) in [6.45, 7) is 2.09. The van der Waals surface area contributed by atoms with Gasteiger partial charge in [0.05, 0.1) is 0 Å². The van der Waals surface area contributed by atoms with Gasteiger partial charge in [0, 0.05) is 23.1 Å². The molecule has 0 unspecified atom stereocenters. The molecule has 1 nitrogen and oxygen atoms in total. The molecule has 0 radical (unpaired) electrons. The lowest BCUT2D eigenvalue weighted by atomic mass is 10.2. The van der Waals surface area contributed by atoms with Crippen molar-refractivity contribution in [2.45, 2.75) is 11.8 Å². The SMILES string of the molecule is Cc1ccc(S/N=C/c2ccccc2)cc1. The first-order valence-corrected chi connectivity index (χ1v) is 5.94. The van der Waals surface area contributed by atoms with Gasteiger partial charge in [-0.05, 0) is 24.6 Å². The van der Waals surface area contributed by atoms with Crippen molar-refractivity contribution in [1.82, 2.24) is 0 Å². The smallest absolute Gasteiger partial charge is 0.0428 e. The second-order valence-corrected chi connectivity index (χ2v) is 4.41. The predicted molar refractivity (Wildman–Crippen MR) is 71.1 cm³/mol. The largest absolute Gasteiger partial charge is 0.219 e. The molecule has 0 fully saturated rings. The van der Waals surface area contributed by atoms with Crippen LogP contribution >= 0.6 is 11.9 Å². The Bertz CT molecular complexity index is 460. The summed E-state index contributed by atoms with van der Waals surface area (Å²) < 4.78 is 4.33. The fourth-order valence-electron chi connectivity index (χ4n) is 1.29. The number of hydrogen-bond acceptors (Lipinski definition) is 2. The molecule has 0 aliphatic carbocycles. The van der Waals surface area contributed by atoms with Crippen molar-refractivity contribution in [3.63, 3.8) is 0 Å². The highest BCUT2D eigenvalue weighted by Crippen LogP contribution is 2.19. The Hall–Kier alpha value is -1.54. The third-order valence-corrected chi connectivity index (χ3v) is 2.87. The lowest BCUT2D eigenvalue weighted by Crippen LogP contribution is -1.77. The van der Waals surface area contributed by atoms with Crippen molar-refractivity contribution in [1.29, 1.82) is 0 Å². The van der Waals surface area contributed by atoms with E-state index in [2.05, 4.69) is 35.6 Å². The van der Waals surface area contributed by atoms with Gasteiger partial charge in [0.2, 0.25) is 0 Å². The van der Waals surface area contributed by atoms with E-state index in [0.717, 1.165) is 10.5 Å². The summed E-state index contributed by atoms with van der Waals surface area (Å²) in [7, 11) is 0. The number of nitrogens with zero attached hydrogens (tertiary/aromatic N) is 1. The summed E-state index contributed by atoms with van der Waals surface area (Å²) in [4.78, 5) is 1.16. The number of rotatable bonds is 3. The highest BCUT2D eigenvalue weighted by molar-refractivity contribution is 7.98. The van der Waals surface area contributed by atoms with Crippen molar-refractivity contribution >= 4 is 18.2 Å². The summed E-state index contributed by atoms with van der Waals surface area (Å²) in [6.07, 6.45) is 1.88. The van der Waals surface area contributed by atoms with E-state index in [1.807, 2.05) is 36.5 Å². The summed E-state index contributed by atoms with van der Waals surface area (Å²) in [5, 5.41) is 0. The van der Waals surface area contributed by atoms with Crippen molar-refractivity contribution in [2.24, 2.45) is 4.40 Å². The van der Waals surface area contributed by atoms with Gasteiger partial charge in [-0.25, -0.2) is 4.40 Å². The Balaban J connectivity index is 1.97. The summed E-state index contributed by atoms with van der Waals surface area (Å²) in [5.41, 5.74) is 2.40. The molecule has 0 bridgehead atoms. The van der Waals surface area contributed by atoms with Gasteiger partial charge in [0.15, 0.2) is 0 Å². The first-order valence-electron chi connectivity index (χ1n) is 5.17. The molecule has 80 valence electrons.